The van der Waals surface area contributed by atoms with E-state index in [9.17, 15) is 9.59 Å². The number of fused-ring (bicyclic) bond motifs is 1. The van der Waals surface area contributed by atoms with Crippen LogP contribution in [0.5, 0.6) is 0 Å². The first-order valence-corrected chi connectivity index (χ1v) is 8.67. The number of hydrogen-bond acceptors (Lipinski definition) is 7. The summed E-state index contributed by atoms with van der Waals surface area (Å²) in [7, 11) is 1.33. The van der Waals surface area contributed by atoms with Gasteiger partial charge in [0.25, 0.3) is 0 Å². The van der Waals surface area contributed by atoms with Crippen molar-refractivity contribution in [3.05, 3.63) is 47.4 Å². The van der Waals surface area contributed by atoms with Crippen molar-refractivity contribution < 1.29 is 19.1 Å². The zero-order valence-corrected chi connectivity index (χ0v) is 16.1. The fourth-order valence-corrected chi connectivity index (χ4v) is 2.81. The fraction of sp³-hybridized carbons (Fsp3) is 0.263. The largest absolute Gasteiger partial charge is 0.465 e. The molecule has 0 atom stereocenters. The molecule has 9 nitrogen and oxygen atoms in total. The van der Waals surface area contributed by atoms with E-state index in [1.807, 2.05) is 19.9 Å². The maximum Gasteiger partial charge on any atom is 0.411 e. The highest BCUT2D eigenvalue weighted by Gasteiger charge is 2.18. The summed E-state index contributed by atoms with van der Waals surface area (Å²) in [6.45, 7) is 5.77. The lowest BCUT2D eigenvalue weighted by Crippen LogP contribution is -2.13. The second-order valence-electron chi connectivity index (χ2n) is 6.06. The van der Waals surface area contributed by atoms with Crippen molar-refractivity contribution in [2.45, 2.75) is 20.8 Å². The number of carbonyl (C=O) groups excluding carboxylic acids is 2. The van der Waals surface area contributed by atoms with E-state index in [0.29, 0.717) is 28.1 Å². The minimum atomic E-state index is -0.521. The summed E-state index contributed by atoms with van der Waals surface area (Å²) in [5.41, 5.74) is 4.05. The molecule has 1 amide bonds. The van der Waals surface area contributed by atoms with E-state index >= 15 is 0 Å². The average molecular weight is 383 g/mol. The molecule has 146 valence electrons. The summed E-state index contributed by atoms with van der Waals surface area (Å²) in [6, 6.07) is 5.43. The zero-order valence-electron chi connectivity index (χ0n) is 16.1. The lowest BCUT2D eigenvalue weighted by atomic mass is 10.1. The van der Waals surface area contributed by atoms with Crippen molar-refractivity contribution in [1.82, 2.24) is 14.6 Å². The number of carbonyl (C=O) groups is 2. The highest BCUT2D eigenvalue weighted by molar-refractivity contribution is 5.95. The van der Waals surface area contributed by atoms with Gasteiger partial charge in [-0.3, -0.25) is 5.32 Å². The lowest BCUT2D eigenvalue weighted by Gasteiger charge is -2.13. The molecular weight excluding hydrogens is 362 g/mol. The van der Waals surface area contributed by atoms with Crippen molar-refractivity contribution in [3.63, 3.8) is 0 Å². The van der Waals surface area contributed by atoms with Gasteiger partial charge < -0.3 is 14.8 Å². The molecule has 0 saturated heterocycles. The molecule has 28 heavy (non-hydrogen) atoms. The van der Waals surface area contributed by atoms with Crippen LogP contribution >= 0.6 is 0 Å². The molecule has 0 aliphatic heterocycles. The molecule has 2 aromatic heterocycles. The van der Waals surface area contributed by atoms with Crippen molar-refractivity contribution >= 4 is 34.8 Å². The van der Waals surface area contributed by atoms with Gasteiger partial charge in [-0.2, -0.15) is 5.10 Å². The number of anilines is 3. The van der Waals surface area contributed by atoms with Crippen LogP contribution in [0.4, 0.5) is 22.0 Å². The van der Waals surface area contributed by atoms with Gasteiger partial charge in [0.2, 0.25) is 0 Å². The molecule has 0 unspecified atom stereocenters. The van der Waals surface area contributed by atoms with Crippen molar-refractivity contribution in [1.29, 1.82) is 0 Å². The number of rotatable bonds is 5. The second-order valence-corrected chi connectivity index (χ2v) is 6.06. The topological polar surface area (TPSA) is 107 Å². The summed E-state index contributed by atoms with van der Waals surface area (Å²) >= 11 is 0. The number of aromatic nitrogens is 3. The Morgan fingerprint density at radius 1 is 1.25 bits per heavy atom. The SMILES string of the molecule is CCOC(=O)Nc1ccc(C)c(Nc2ncnn3cc(C(=O)OC)c(C)c23)c1. The van der Waals surface area contributed by atoms with Crippen LogP contribution in [0.15, 0.2) is 30.7 Å². The van der Waals surface area contributed by atoms with Crippen molar-refractivity contribution in [3.8, 4) is 0 Å². The third-order valence-corrected chi connectivity index (χ3v) is 4.24. The Kier molecular flexibility index (Phi) is 5.44. The number of hydrogen-bond donors (Lipinski definition) is 2. The van der Waals surface area contributed by atoms with Gasteiger partial charge in [0, 0.05) is 17.6 Å². The van der Waals surface area contributed by atoms with E-state index in [0.717, 1.165) is 11.3 Å². The van der Waals surface area contributed by atoms with Gasteiger partial charge in [-0.1, -0.05) is 6.07 Å². The first kappa shape index (κ1) is 19.2. The standard InChI is InChI=1S/C19H21N5O4/c1-5-28-19(26)22-13-7-6-11(2)15(8-13)23-17-16-12(3)14(18(25)27-4)9-24(16)21-10-20-17/h6-10H,5H2,1-4H3,(H,22,26)(H,20,21,23). The van der Waals surface area contributed by atoms with E-state index in [-0.39, 0.29) is 6.61 Å². The number of nitrogens with zero attached hydrogens (tertiary/aromatic N) is 3. The average Bonchev–Trinajstić information content (AvgIpc) is 3.01. The van der Waals surface area contributed by atoms with E-state index in [1.54, 1.807) is 29.8 Å². The van der Waals surface area contributed by atoms with Crippen LogP contribution in [-0.2, 0) is 9.47 Å². The molecule has 0 aliphatic carbocycles. The van der Waals surface area contributed by atoms with Crippen molar-refractivity contribution in [2.75, 3.05) is 24.4 Å². The summed E-state index contributed by atoms with van der Waals surface area (Å²) in [5, 5.41) is 10.1. The van der Waals surface area contributed by atoms with E-state index < -0.39 is 12.1 Å². The zero-order chi connectivity index (χ0) is 20.3. The Morgan fingerprint density at radius 3 is 2.75 bits per heavy atom. The fourth-order valence-electron chi connectivity index (χ4n) is 2.81. The predicted molar refractivity (Wildman–Crippen MR) is 104 cm³/mol. The van der Waals surface area contributed by atoms with Gasteiger partial charge in [0.1, 0.15) is 11.8 Å². The number of nitrogens with one attached hydrogen (secondary N) is 2. The minimum Gasteiger partial charge on any atom is -0.465 e. The van der Waals surface area contributed by atoms with Crippen LogP contribution in [-0.4, -0.2) is 40.4 Å². The van der Waals surface area contributed by atoms with Gasteiger partial charge in [-0.25, -0.2) is 19.1 Å². The van der Waals surface area contributed by atoms with Gasteiger partial charge in [-0.15, -0.1) is 0 Å². The van der Waals surface area contributed by atoms with Crippen LogP contribution in [0, 0.1) is 13.8 Å². The third-order valence-electron chi connectivity index (χ3n) is 4.24. The highest BCUT2D eigenvalue weighted by Crippen LogP contribution is 2.28. The maximum atomic E-state index is 12.0. The van der Waals surface area contributed by atoms with Crippen molar-refractivity contribution in [2.24, 2.45) is 0 Å². The number of benzene rings is 1. The highest BCUT2D eigenvalue weighted by atomic mass is 16.5. The summed E-state index contributed by atoms with van der Waals surface area (Å²) in [4.78, 5) is 27.9. The monoisotopic (exact) mass is 383 g/mol. The summed E-state index contributed by atoms with van der Waals surface area (Å²) in [6.07, 6.45) is 2.48. The first-order chi connectivity index (χ1) is 13.4. The molecule has 0 saturated carbocycles. The van der Waals surface area contributed by atoms with Crippen LogP contribution in [0.1, 0.15) is 28.4 Å². The Bertz CT molecular complexity index is 1040. The summed E-state index contributed by atoms with van der Waals surface area (Å²) in [5.74, 6) is 0.0878. The molecule has 0 radical (unpaired) electrons. The van der Waals surface area contributed by atoms with Gasteiger partial charge in [0.15, 0.2) is 5.82 Å². The molecule has 1 aromatic carbocycles. The molecule has 0 aliphatic rings. The van der Waals surface area contributed by atoms with E-state index in [4.69, 9.17) is 9.47 Å². The van der Waals surface area contributed by atoms with Gasteiger partial charge in [-0.05, 0) is 44.0 Å². The Morgan fingerprint density at radius 2 is 2.04 bits per heavy atom. The Labute approximate surface area is 161 Å². The quantitative estimate of drug-likeness (QED) is 0.650. The van der Waals surface area contributed by atoms with Crippen LogP contribution < -0.4 is 10.6 Å². The smallest absolute Gasteiger partial charge is 0.411 e. The van der Waals surface area contributed by atoms with Gasteiger partial charge in [0.05, 0.1) is 19.3 Å². The summed E-state index contributed by atoms with van der Waals surface area (Å²) < 4.78 is 11.3. The number of esters is 1. The Balaban J connectivity index is 1.97. The number of amides is 1. The molecule has 9 heteroatoms. The van der Waals surface area contributed by atoms with E-state index in [2.05, 4.69) is 20.7 Å². The number of methoxy groups -OCH3 is 1. The number of aryl methyl sites for hydroxylation is 2. The van der Waals surface area contributed by atoms with Gasteiger partial charge >= 0.3 is 12.1 Å². The van der Waals surface area contributed by atoms with Crippen LogP contribution in [0.3, 0.4) is 0 Å². The molecule has 0 spiro atoms. The molecule has 0 fully saturated rings. The number of ether oxygens (including phenoxy) is 2. The molecule has 2 N–H and O–H groups in total. The molecule has 2 heterocycles. The molecule has 3 aromatic rings. The Hall–Kier alpha value is -3.62. The predicted octanol–water partition coefficient (Wildman–Crippen LogP) is 3.44. The first-order valence-electron chi connectivity index (χ1n) is 8.67. The normalized spacial score (nSPS) is 10.6. The third kappa shape index (κ3) is 3.73. The minimum absolute atomic E-state index is 0.289. The molecule has 3 rings (SSSR count). The maximum absolute atomic E-state index is 12.0. The molecular formula is C19H21N5O4. The second kappa shape index (κ2) is 7.95. The van der Waals surface area contributed by atoms with E-state index in [1.165, 1.54) is 13.4 Å². The van der Waals surface area contributed by atoms with Crippen LogP contribution in [0.2, 0.25) is 0 Å². The molecule has 0 bridgehead atoms. The van der Waals surface area contributed by atoms with Crippen LogP contribution in [0.25, 0.3) is 5.52 Å². The lowest BCUT2D eigenvalue weighted by molar-refractivity contribution is 0.0600.